The Morgan fingerprint density at radius 1 is 1.13 bits per heavy atom. The Hall–Kier alpha value is -2.41. The molecule has 1 N–H and O–H groups in total. The SMILES string of the molecule is COc1ccccc1CN(CC(=O)Nc1ccc(CN2CCOCC2)cc1)C1CC1. The molecule has 1 saturated carbocycles. The van der Waals surface area contributed by atoms with Crippen LogP contribution in [0.1, 0.15) is 24.0 Å². The van der Waals surface area contributed by atoms with Crippen molar-refractivity contribution in [2.24, 2.45) is 0 Å². The molecule has 1 aliphatic heterocycles. The largest absolute Gasteiger partial charge is 0.496 e. The van der Waals surface area contributed by atoms with Crippen LogP contribution in [0.5, 0.6) is 5.75 Å². The van der Waals surface area contributed by atoms with Gasteiger partial charge < -0.3 is 14.8 Å². The van der Waals surface area contributed by atoms with Gasteiger partial charge in [0, 0.05) is 43.5 Å². The second-order valence-corrected chi connectivity index (χ2v) is 8.08. The predicted molar refractivity (Wildman–Crippen MR) is 118 cm³/mol. The van der Waals surface area contributed by atoms with Gasteiger partial charge in [-0.25, -0.2) is 0 Å². The Kier molecular flexibility index (Phi) is 7.00. The Morgan fingerprint density at radius 3 is 2.57 bits per heavy atom. The van der Waals surface area contributed by atoms with Crippen molar-refractivity contribution in [1.82, 2.24) is 9.80 Å². The third kappa shape index (κ3) is 5.81. The normalized spacial score (nSPS) is 17.1. The summed E-state index contributed by atoms with van der Waals surface area (Å²) in [4.78, 5) is 17.3. The molecule has 1 saturated heterocycles. The highest BCUT2D eigenvalue weighted by Crippen LogP contribution is 2.30. The number of carbonyl (C=O) groups is 1. The summed E-state index contributed by atoms with van der Waals surface area (Å²) in [6, 6.07) is 16.7. The number of amides is 1. The van der Waals surface area contributed by atoms with E-state index in [1.165, 1.54) is 5.56 Å². The lowest BCUT2D eigenvalue weighted by Gasteiger charge is -2.26. The van der Waals surface area contributed by atoms with Gasteiger partial charge in [-0.2, -0.15) is 0 Å². The summed E-state index contributed by atoms with van der Waals surface area (Å²) in [5, 5.41) is 3.05. The molecular weight excluding hydrogens is 378 g/mol. The van der Waals surface area contributed by atoms with Gasteiger partial charge in [0.25, 0.3) is 0 Å². The summed E-state index contributed by atoms with van der Waals surface area (Å²) < 4.78 is 10.9. The van der Waals surface area contributed by atoms with Gasteiger partial charge in [-0.3, -0.25) is 14.6 Å². The fourth-order valence-corrected chi connectivity index (χ4v) is 3.90. The molecule has 6 nitrogen and oxygen atoms in total. The zero-order valence-electron chi connectivity index (χ0n) is 17.7. The first kappa shape index (κ1) is 20.8. The molecule has 2 fully saturated rings. The number of hydrogen-bond acceptors (Lipinski definition) is 5. The molecular formula is C24H31N3O3. The van der Waals surface area contributed by atoms with Crippen LogP contribution in [-0.2, 0) is 22.6 Å². The van der Waals surface area contributed by atoms with Crippen LogP contribution in [0.3, 0.4) is 0 Å². The first-order valence-electron chi connectivity index (χ1n) is 10.8. The van der Waals surface area contributed by atoms with E-state index in [-0.39, 0.29) is 5.91 Å². The van der Waals surface area contributed by atoms with Gasteiger partial charge in [0.15, 0.2) is 0 Å². The third-order valence-electron chi connectivity index (χ3n) is 5.72. The highest BCUT2D eigenvalue weighted by atomic mass is 16.5. The second-order valence-electron chi connectivity index (χ2n) is 8.08. The van der Waals surface area contributed by atoms with Gasteiger partial charge in [0.1, 0.15) is 5.75 Å². The summed E-state index contributed by atoms with van der Waals surface area (Å²) in [7, 11) is 1.69. The fourth-order valence-electron chi connectivity index (χ4n) is 3.90. The van der Waals surface area contributed by atoms with E-state index >= 15 is 0 Å². The van der Waals surface area contributed by atoms with Crippen molar-refractivity contribution in [2.45, 2.75) is 32.0 Å². The van der Waals surface area contributed by atoms with Gasteiger partial charge in [-0.15, -0.1) is 0 Å². The molecule has 0 aromatic heterocycles. The lowest BCUT2D eigenvalue weighted by molar-refractivity contribution is -0.117. The van der Waals surface area contributed by atoms with Crippen molar-refractivity contribution in [3.8, 4) is 5.75 Å². The number of hydrogen-bond donors (Lipinski definition) is 1. The molecule has 0 spiro atoms. The predicted octanol–water partition coefficient (Wildman–Crippen LogP) is 3.13. The summed E-state index contributed by atoms with van der Waals surface area (Å²) in [6.07, 6.45) is 2.30. The number of carbonyl (C=O) groups excluding carboxylic acids is 1. The van der Waals surface area contributed by atoms with E-state index in [2.05, 4.69) is 33.3 Å². The average Bonchev–Trinajstić information content (AvgIpc) is 3.61. The molecule has 0 unspecified atom stereocenters. The van der Waals surface area contributed by atoms with E-state index in [1.807, 2.05) is 30.3 Å². The maximum Gasteiger partial charge on any atom is 0.238 e. The lowest BCUT2D eigenvalue weighted by atomic mass is 10.1. The van der Waals surface area contributed by atoms with Crippen LogP contribution in [-0.4, -0.2) is 61.7 Å². The van der Waals surface area contributed by atoms with Crippen molar-refractivity contribution in [1.29, 1.82) is 0 Å². The number of methoxy groups -OCH3 is 1. The minimum Gasteiger partial charge on any atom is -0.496 e. The Bertz CT molecular complexity index is 830. The quantitative estimate of drug-likeness (QED) is 0.690. The standard InChI is InChI=1S/C24H31N3O3/c1-29-23-5-3-2-4-20(23)17-27(22-10-11-22)18-24(28)25-21-8-6-19(7-9-21)16-26-12-14-30-15-13-26/h2-9,22H,10-18H2,1H3,(H,25,28). The number of anilines is 1. The topological polar surface area (TPSA) is 54.0 Å². The Labute approximate surface area is 178 Å². The van der Waals surface area contributed by atoms with E-state index in [0.29, 0.717) is 12.6 Å². The summed E-state index contributed by atoms with van der Waals surface area (Å²) in [5.74, 6) is 0.900. The molecule has 0 atom stereocenters. The van der Waals surface area contributed by atoms with E-state index in [1.54, 1.807) is 7.11 Å². The summed E-state index contributed by atoms with van der Waals surface area (Å²) >= 11 is 0. The highest BCUT2D eigenvalue weighted by molar-refractivity contribution is 5.92. The molecule has 4 rings (SSSR count). The molecule has 1 heterocycles. The van der Waals surface area contributed by atoms with Crippen LogP contribution in [0.25, 0.3) is 0 Å². The maximum absolute atomic E-state index is 12.7. The minimum absolute atomic E-state index is 0.0257. The van der Waals surface area contributed by atoms with Gasteiger partial charge in [0.05, 0.1) is 26.9 Å². The maximum atomic E-state index is 12.7. The van der Waals surface area contributed by atoms with Crippen LogP contribution in [0.2, 0.25) is 0 Å². The number of morpholine rings is 1. The monoisotopic (exact) mass is 409 g/mol. The second kappa shape index (κ2) is 10.1. The van der Waals surface area contributed by atoms with E-state index in [0.717, 1.165) is 69.2 Å². The number of benzene rings is 2. The number of ether oxygens (including phenoxy) is 2. The molecule has 160 valence electrons. The van der Waals surface area contributed by atoms with E-state index in [9.17, 15) is 4.79 Å². The zero-order chi connectivity index (χ0) is 20.8. The Morgan fingerprint density at radius 2 is 1.87 bits per heavy atom. The molecule has 0 radical (unpaired) electrons. The van der Waals surface area contributed by atoms with Crippen molar-refractivity contribution < 1.29 is 14.3 Å². The first-order chi connectivity index (χ1) is 14.7. The van der Waals surface area contributed by atoms with Crippen LogP contribution in [0.15, 0.2) is 48.5 Å². The van der Waals surface area contributed by atoms with Crippen LogP contribution < -0.4 is 10.1 Å². The molecule has 2 aromatic carbocycles. The summed E-state index contributed by atoms with van der Waals surface area (Å²) in [5.41, 5.74) is 3.22. The molecule has 2 aromatic rings. The summed E-state index contributed by atoms with van der Waals surface area (Å²) in [6.45, 7) is 5.59. The number of nitrogens with zero attached hydrogens (tertiary/aromatic N) is 2. The van der Waals surface area contributed by atoms with Gasteiger partial charge >= 0.3 is 0 Å². The number of nitrogens with one attached hydrogen (secondary N) is 1. The Balaban J connectivity index is 1.31. The minimum atomic E-state index is 0.0257. The van der Waals surface area contributed by atoms with Crippen molar-refractivity contribution >= 4 is 11.6 Å². The lowest BCUT2D eigenvalue weighted by Crippen LogP contribution is -2.35. The number of para-hydroxylation sites is 1. The third-order valence-corrected chi connectivity index (χ3v) is 5.72. The zero-order valence-corrected chi connectivity index (χ0v) is 17.7. The van der Waals surface area contributed by atoms with Crippen LogP contribution in [0, 0.1) is 0 Å². The molecule has 6 heteroatoms. The van der Waals surface area contributed by atoms with E-state index in [4.69, 9.17) is 9.47 Å². The van der Waals surface area contributed by atoms with Crippen molar-refractivity contribution in [3.63, 3.8) is 0 Å². The molecule has 0 bridgehead atoms. The van der Waals surface area contributed by atoms with Crippen molar-refractivity contribution in [2.75, 3.05) is 45.3 Å². The van der Waals surface area contributed by atoms with Gasteiger partial charge in [-0.05, 0) is 36.6 Å². The smallest absolute Gasteiger partial charge is 0.238 e. The van der Waals surface area contributed by atoms with E-state index < -0.39 is 0 Å². The van der Waals surface area contributed by atoms with Crippen LogP contribution >= 0.6 is 0 Å². The first-order valence-corrected chi connectivity index (χ1v) is 10.8. The van der Waals surface area contributed by atoms with Gasteiger partial charge in [-0.1, -0.05) is 30.3 Å². The van der Waals surface area contributed by atoms with Crippen molar-refractivity contribution in [3.05, 3.63) is 59.7 Å². The average molecular weight is 410 g/mol. The van der Waals surface area contributed by atoms with Crippen LogP contribution in [0.4, 0.5) is 5.69 Å². The highest BCUT2D eigenvalue weighted by Gasteiger charge is 2.30. The molecule has 30 heavy (non-hydrogen) atoms. The molecule has 1 aliphatic carbocycles. The van der Waals surface area contributed by atoms with Gasteiger partial charge in [0.2, 0.25) is 5.91 Å². The number of rotatable bonds is 9. The fraction of sp³-hybridized carbons (Fsp3) is 0.458. The molecule has 1 amide bonds. The molecule has 2 aliphatic rings.